The van der Waals surface area contributed by atoms with Gasteiger partial charge in [-0.15, -0.1) is 0 Å². The molecule has 0 saturated carbocycles. The number of hydrogen-bond donors (Lipinski definition) is 1. The molecule has 0 aliphatic rings. The van der Waals surface area contributed by atoms with Crippen LogP contribution in [0, 0.1) is 12.7 Å². The molecule has 0 fully saturated rings. The second-order valence-electron chi connectivity index (χ2n) is 4.84. The van der Waals surface area contributed by atoms with Gasteiger partial charge in [-0.2, -0.15) is 0 Å². The second-order valence-corrected chi connectivity index (χ2v) is 4.84. The highest BCUT2D eigenvalue weighted by Gasteiger charge is 2.03. The normalized spacial score (nSPS) is 10.4. The van der Waals surface area contributed by atoms with Gasteiger partial charge in [-0.05, 0) is 42.3 Å². The summed E-state index contributed by atoms with van der Waals surface area (Å²) >= 11 is 0. The Labute approximate surface area is 124 Å². The summed E-state index contributed by atoms with van der Waals surface area (Å²) in [4.78, 5) is 0. The summed E-state index contributed by atoms with van der Waals surface area (Å²) < 4.78 is 24.5. The van der Waals surface area contributed by atoms with Crippen LogP contribution in [0.5, 0.6) is 11.5 Å². The lowest BCUT2D eigenvalue weighted by Gasteiger charge is -2.09. The maximum Gasteiger partial charge on any atom is 0.165 e. The molecule has 2 rings (SSSR count). The average molecular weight is 289 g/mol. The summed E-state index contributed by atoms with van der Waals surface area (Å²) in [5, 5.41) is 0. The Morgan fingerprint density at radius 2 is 1.86 bits per heavy atom. The van der Waals surface area contributed by atoms with Crippen molar-refractivity contribution in [2.45, 2.75) is 19.9 Å². The molecule has 2 aromatic rings. The van der Waals surface area contributed by atoms with E-state index in [1.54, 1.807) is 12.1 Å². The van der Waals surface area contributed by atoms with E-state index in [9.17, 15) is 4.39 Å². The van der Waals surface area contributed by atoms with Crippen LogP contribution < -0.4 is 15.2 Å². The number of halogens is 1. The van der Waals surface area contributed by atoms with Gasteiger partial charge in [0.05, 0.1) is 13.2 Å². The molecule has 0 radical (unpaired) electrons. The number of hydrogen-bond acceptors (Lipinski definition) is 3. The van der Waals surface area contributed by atoms with Gasteiger partial charge >= 0.3 is 0 Å². The molecule has 0 heterocycles. The third kappa shape index (κ3) is 4.76. The first-order valence-electron chi connectivity index (χ1n) is 7.00. The quantitative estimate of drug-likeness (QED) is 0.794. The summed E-state index contributed by atoms with van der Waals surface area (Å²) in [6, 6.07) is 12.5. The maximum absolute atomic E-state index is 13.5. The highest BCUT2D eigenvalue weighted by atomic mass is 19.1. The summed E-state index contributed by atoms with van der Waals surface area (Å²) in [6.07, 6.45) is 0.681. The lowest BCUT2D eigenvalue weighted by molar-refractivity contribution is 0.241. The number of ether oxygens (including phenoxy) is 2. The van der Waals surface area contributed by atoms with Crippen LogP contribution in [-0.2, 0) is 6.54 Å². The van der Waals surface area contributed by atoms with E-state index in [0.717, 1.165) is 16.9 Å². The molecule has 2 aromatic carbocycles. The molecule has 4 heteroatoms. The zero-order valence-corrected chi connectivity index (χ0v) is 12.1. The standard InChI is InChI=1S/C17H20FNO2/c1-13-6-7-16(18)17(10-13)21-9-3-8-20-15-5-2-4-14(11-15)12-19/h2,4-7,10-11H,3,8-9,12,19H2,1H3. The minimum Gasteiger partial charge on any atom is -0.493 e. The van der Waals surface area contributed by atoms with Gasteiger partial charge in [-0.25, -0.2) is 4.39 Å². The van der Waals surface area contributed by atoms with Gasteiger partial charge in [0.15, 0.2) is 11.6 Å². The second kappa shape index (κ2) is 7.64. The lowest BCUT2D eigenvalue weighted by atomic mass is 10.2. The van der Waals surface area contributed by atoms with E-state index < -0.39 is 0 Å². The van der Waals surface area contributed by atoms with Gasteiger partial charge < -0.3 is 15.2 Å². The topological polar surface area (TPSA) is 44.5 Å². The number of benzene rings is 2. The van der Waals surface area contributed by atoms with Gasteiger partial charge in [0.1, 0.15) is 5.75 Å². The third-order valence-electron chi connectivity index (χ3n) is 3.04. The molecule has 112 valence electrons. The van der Waals surface area contributed by atoms with Gasteiger partial charge in [0.2, 0.25) is 0 Å². The molecule has 0 saturated heterocycles. The Balaban J connectivity index is 1.73. The Bertz CT molecular complexity index is 587. The molecule has 0 spiro atoms. The summed E-state index contributed by atoms with van der Waals surface area (Å²) in [6.45, 7) is 3.32. The molecule has 0 atom stereocenters. The molecule has 0 amide bonds. The van der Waals surface area contributed by atoms with Gasteiger partial charge in [0, 0.05) is 13.0 Å². The Kier molecular flexibility index (Phi) is 5.58. The Hall–Kier alpha value is -2.07. The van der Waals surface area contributed by atoms with Crippen LogP contribution in [0.15, 0.2) is 42.5 Å². The van der Waals surface area contributed by atoms with Crippen molar-refractivity contribution >= 4 is 0 Å². The fraction of sp³-hybridized carbons (Fsp3) is 0.294. The van der Waals surface area contributed by atoms with Crippen LogP contribution in [0.4, 0.5) is 4.39 Å². The number of nitrogens with two attached hydrogens (primary N) is 1. The molecule has 0 aliphatic heterocycles. The third-order valence-corrected chi connectivity index (χ3v) is 3.04. The smallest absolute Gasteiger partial charge is 0.165 e. The predicted octanol–water partition coefficient (Wildman–Crippen LogP) is 3.44. The first kappa shape index (κ1) is 15.3. The van der Waals surface area contributed by atoms with Gasteiger partial charge in [-0.1, -0.05) is 18.2 Å². The monoisotopic (exact) mass is 289 g/mol. The van der Waals surface area contributed by atoms with Crippen molar-refractivity contribution in [3.05, 3.63) is 59.4 Å². The van der Waals surface area contributed by atoms with E-state index in [-0.39, 0.29) is 5.82 Å². The van der Waals surface area contributed by atoms with E-state index in [4.69, 9.17) is 15.2 Å². The molecule has 3 nitrogen and oxygen atoms in total. The van der Waals surface area contributed by atoms with E-state index in [1.807, 2.05) is 31.2 Å². The predicted molar refractivity (Wildman–Crippen MR) is 81.1 cm³/mol. The van der Waals surface area contributed by atoms with E-state index in [0.29, 0.717) is 31.9 Å². The first-order chi connectivity index (χ1) is 10.2. The van der Waals surface area contributed by atoms with Crippen LogP contribution in [-0.4, -0.2) is 13.2 Å². The maximum atomic E-state index is 13.5. The largest absolute Gasteiger partial charge is 0.493 e. The van der Waals surface area contributed by atoms with Crippen LogP contribution in [0.3, 0.4) is 0 Å². The lowest BCUT2D eigenvalue weighted by Crippen LogP contribution is -2.06. The molecule has 0 unspecified atom stereocenters. The average Bonchev–Trinajstić information content (AvgIpc) is 2.50. The zero-order valence-electron chi connectivity index (χ0n) is 12.1. The first-order valence-corrected chi connectivity index (χ1v) is 7.00. The molecule has 21 heavy (non-hydrogen) atoms. The van der Waals surface area contributed by atoms with Crippen LogP contribution in [0.2, 0.25) is 0 Å². The van der Waals surface area contributed by atoms with Crippen molar-refractivity contribution in [1.82, 2.24) is 0 Å². The van der Waals surface area contributed by atoms with Crippen molar-refractivity contribution in [2.24, 2.45) is 5.73 Å². The van der Waals surface area contributed by atoms with Crippen LogP contribution in [0.25, 0.3) is 0 Å². The number of rotatable bonds is 7. The fourth-order valence-electron chi connectivity index (χ4n) is 1.91. The molecule has 2 N–H and O–H groups in total. The summed E-state index contributed by atoms with van der Waals surface area (Å²) in [5.41, 5.74) is 7.58. The van der Waals surface area contributed by atoms with E-state index >= 15 is 0 Å². The minimum absolute atomic E-state index is 0.292. The highest BCUT2D eigenvalue weighted by Crippen LogP contribution is 2.18. The Morgan fingerprint density at radius 1 is 1.05 bits per heavy atom. The zero-order chi connectivity index (χ0) is 15.1. The molecular weight excluding hydrogens is 269 g/mol. The van der Waals surface area contributed by atoms with Crippen molar-refractivity contribution in [3.8, 4) is 11.5 Å². The molecule has 0 aromatic heterocycles. The van der Waals surface area contributed by atoms with Crippen molar-refractivity contribution in [3.63, 3.8) is 0 Å². The SMILES string of the molecule is Cc1ccc(F)c(OCCCOc2cccc(CN)c2)c1. The molecular formula is C17H20FNO2. The van der Waals surface area contributed by atoms with E-state index in [1.165, 1.54) is 6.07 Å². The van der Waals surface area contributed by atoms with Crippen LogP contribution >= 0.6 is 0 Å². The molecule has 0 aliphatic carbocycles. The van der Waals surface area contributed by atoms with Gasteiger partial charge in [0.25, 0.3) is 0 Å². The minimum atomic E-state index is -0.336. The van der Waals surface area contributed by atoms with E-state index in [2.05, 4.69) is 0 Å². The summed E-state index contributed by atoms with van der Waals surface area (Å²) in [7, 11) is 0. The highest BCUT2D eigenvalue weighted by molar-refractivity contribution is 5.29. The summed E-state index contributed by atoms with van der Waals surface area (Å²) in [5.74, 6) is 0.747. The van der Waals surface area contributed by atoms with Crippen LogP contribution in [0.1, 0.15) is 17.5 Å². The van der Waals surface area contributed by atoms with Gasteiger partial charge in [-0.3, -0.25) is 0 Å². The van der Waals surface area contributed by atoms with Crippen molar-refractivity contribution < 1.29 is 13.9 Å². The van der Waals surface area contributed by atoms with Crippen molar-refractivity contribution in [1.29, 1.82) is 0 Å². The molecule has 0 bridgehead atoms. The number of aryl methyl sites for hydroxylation is 1. The fourth-order valence-corrected chi connectivity index (χ4v) is 1.91. The van der Waals surface area contributed by atoms with Crippen molar-refractivity contribution in [2.75, 3.05) is 13.2 Å². The Morgan fingerprint density at radius 3 is 2.67 bits per heavy atom.